The Labute approximate surface area is 107 Å². The van der Waals surface area contributed by atoms with E-state index in [9.17, 15) is 4.79 Å². The highest BCUT2D eigenvalue weighted by atomic mass is 16.1. The molecule has 2 fully saturated rings. The monoisotopic (exact) mass is 248 g/mol. The van der Waals surface area contributed by atoms with Crippen molar-refractivity contribution in [3.8, 4) is 0 Å². The van der Waals surface area contributed by atoms with Gasteiger partial charge in [-0.3, -0.25) is 4.79 Å². The first-order valence-corrected chi connectivity index (χ1v) is 6.70. The molecule has 1 atom stereocenters. The molecule has 18 heavy (non-hydrogen) atoms. The molecule has 0 spiro atoms. The molecule has 0 amide bonds. The molecule has 0 bridgehead atoms. The van der Waals surface area contributed by atoms with E-state index in [0.29, 0.717) is 12.0 Å². The molecular weight excluding hydrogens is 228 g/mol. The van der Waals surface area contributed by atoms with Gasteiger partial charge in [-0.2, -0.15) is 0 Å². The molecular formula is C13H20N4O. The largest absolute Gasteiger partial charge is 0.354 e. The van der Waals surface area contributed by atoms with Crippen LogP contribution in [-0.4, -0.2) is 47.6 Å². The second-order valence-electron chi connectivity index (χ2n) is 5.54. The predicted molar refractivity (Wildman–Crippen MR) is 71.1 cm³/mol. The lowest BCUT2D eigenvalue weighted by atomic mass is 10.2. The minimum absolute atomic E-state index is 0.0199. The van der Waals surface area contributed by atoms with Crippen molar-refractivity contribution in [2.24, 2.45) is 0 Å². The van der Waals surface area contributed by atoms with Crippen molar-refractivity contribution >= 4 is 5.82 Å². The number of nitrogens with zero attached hydrogens (tertiary/aromatic N) is 3. The minimum Gasteiger partial charge on any atom is -0.354 e. The average Bonchev–Trinajstić information content (AvgIpc) is 3.16. The average molecular weight is 248 g/mol. The molecule has 1 aliphatic heterocycles. The Morgan fingerprint density at radius 3 is 2.83 bits per heavy atom. The van der Waals surface area contributed by atoms with Crippen molar-refractivity contribution < 1.29 is 0 Å². The first kappa shape index (κ1) is 11.7. The van der Waals surface area contributed by atoms with Crippen LogP contribution in [0.15, 0.2) is 10.9 Å². The van der Waals surface area contributed by atoms with Gasteiger partial charge in [-0.25, -0.2) is 4.98 Å². The summed E-state index contributed by atoms with van der Waals surface area (Å²) in [5.74, 6) is 2.22. The van der Waals surface area contributed by atoms with E-state index in [-0.39, 0.29) is 5.56 Å². The van der Waals surface area contributed by atoms with Crippen molar-refractivity contribution in [3.05, 3.63) is 22.2 Å². The number of aromatic amines is 1. The van der Waals surface area contributed by atoms with Crippen molar-refractivity contribution in [2.45, 2.75) is 31.7 Å². The van der Waals surface area contributed by atoms with E-state index in [1.165, 1.54) is 0 Å². The van der Waals surface area contributed by atoms with Crippen LogP contribution in [0.25, 0.3) is 0 Å². The SMILES string of the molecule is CC1CN(c2cc(=O)[nH]c(C3CC3)n2)CCN1C. The Morgan fingerprint density at radius 1 is 1.39 bits per heavy atom. The van der Waals surface area contributed by atoms with Crippen LogP contribution in [0.3, 0.4) is 0 Å². The first-order valence-electron chi connectivity index (χ1n) is 6.70. The number of aromatic nitrogens is 2. The lowest BCUT2D eigenvalue weighted by Crippen LogP contribution is -2.50. The number of hydrogen-bond acceptors (Lipinski definition) is 4. The molecule has 0 radical (unpaired) electrons. The Hall–Kier alpha value is -1.36. The van der Waals surface area contributed by atoms with Gasteiger partial charge < -0.3 is 14.8 Å². The summed E-state index contributed by atoms with van der Waals surface area (Å²) in [7, 11) is 2.14. The van der Waals surface area contributed by atoms with Gasteiger partial charge in [0.2, 0.25) is 0 Å². The number of nitrogens with one attached hydrogen (secondary N) is 1. The van der Waals surface area contributed by atoms with E-state index in [0.717, 1.165) is 44.1 Å². The van der Waals surface area contributed by atoms with Gasteiger partial charge in [0.05, 0.1) is 0 Å². The summed E-state index contributed by atoms with van der Waals surface area (Å²) in [6.07, 6.45) is 2.32. The van der Waals surface area contributed by atoms with E-state index in [1.54, 1.807) is 6.07 Å². The highest BCUT2D eigenvalue weighted by molar-refractivity contribution is 5.39. The molecule has 1 N–H and O–H groups in total. The van der Waals surface area contributed by atoms with Crippen molar-refractivity contribution in [1.82, 2.24) is 14.9 Å². The number of rotatable bonds is 2. The number of piperazine rings is 1. The summed E-state index contributed by atoms with van der Waals surface area (Å²) in [6, 6.07) is 2.13. The predicted octanol–water partition coefficient (Wildman–Crippen LogP) is 0.788. The van der Waals surface area contributed by atoms with Gasteiger partial charge in [-0.15, -0.1) is 0 Å². The minimum atomic E-state index is -0.0199. The lowest BCUT2D eigenvalue weighted by Gasteiger charge is -2.38. The first-order chi connectivity index (χ1) is 8.63. The Kier molecular flexibility index (Phi) is 2.86. The fraction of sp³-hybridized carbons (Fsp3) is 0.692. The molecule has 1 saturated heterocycles. The summed E-state index contributed by atoms with van der Waals surface area (Å²) >= 11 is 0. The summed E-state index contributed by atoms with van der Waals surface area (Å²) < 4.78 is 0. The maximum Gasteiger partial charge on any atom is 0.252 e. The van der Waals surface area contributed by atoms with Crippen molar-refractivity contribution in [2.75, 3.05) is 31.6 Å². The van der Waals surface area contributed by atoms with Crippen LogP contribution >= 0.6 is 0 Å². The van der Waals surface area contributed by atoms with Crippen LogP contribution < -0.4 is 10.5 Å². The fourth-order valence-corrected chi connectivity index (χ4v) is 2.43. The number of hydrogen-bond donors (Lipinski definition) is 1. The lowest BCUT2D eigenvalue weighted by molar-refractivity contribution is 0.233. The molecule has 1 aromatic rings. The van der Waals surface area contributed by atoms with Gasteiger partial charge in [0.15, 0.2) is 0 Å². The van der Waals surface area contributed by atoms with E-state index < -0.39 is 0 Å². The fourth-order valence-electron chi connectivity index (χ4n) is 2.43. The maximum absolute atomic E-state index is 11.7. The summed E-state index contributed by atoms with van der Waals surface area (Å²) in [4.78, 5) is 23.8. The molecule has 0 aromatic carbocycles. The number of H-pyrrole nitrogens is 1. The van der Waals surface area contributed by atoms with Gasteiger partial charge in [-0.05, 0) is 26.8 Å². The molecule has 98 valence electrons. The van der Waals surface area contributed by atoms with E-state index in [1.807, 2.05) is 0 Å². The van der Waals surface area contributed by atoms with Gasteiger partial charge in [-0.1, -0.05) is 0 Å². The molecule has 1 aliphatic carbocycles. The second-order valence-corrected chi connectivity index (χ2v) is 5.54. The molecule has 5 nitrogen and oxygen atoms in total. The van der Waals surface area contributed by atoms with Gasteiger partial charge in [0.1, 0.15) is 11.6 Å². The normalized spacial score (nSPS) is 25.4. The van der Waals surface area contributed by atoms with Crippen LogP contribution in [0.1, 0.15) is 31.5 Å². The molecule has 1 unspecified atom stereocenters. The van der Waals surface area contributed by atoms with E-state index >= 15 is 0 Å². The third-order valence-electron chi connectivity index (χ3n) is 3.99. The topological polar surface area (TPSA) is 52.2 Å². The van der Waals surface area contributed by atoms with E-state index in [2.05, 4.69) is 33.7 Å². The summed E-state index contributed by atoms with van der Waals surface area (Å²) in [5.41, 5.74) is -0.0199. The molecule has 1 aromatic heterocycles. The Bertz CT molecular complexity index is 494. The zero-order chi connectivity index (χ0) is 12.7. The molecule has 3 rings (SSSR count). The zero-order valence-corrected chi connectivity index (χ0v) is 11.0. The molecule has 1 saturated carbocycles. The van der Waals surface area contributed by atoms with Crippen molar-refractivity contribution in [1.29, 1.82) is 0 Å². The third kappa shape index (κ3) is 2.27. The summed E-state index contributed by atoms with van der Waals surface area (Å²) in [6.45, 7) is 5.12. The van der Waals surface area contributed by atoms with Crippen LogP contribution in [0.5, 0.6) is 0 Å². The quantitative estimate of drug-likeness (QED) is 0.840. The molecule has 2 aliphatic rings. The van der Waals surface area contributed by atoms with Crippen LogP contribution in [0.4, 0.5) is 5.82 Å². The highest BCUT2D eigenvalue weighted by Crippen LogP contribution is 2.37. The highest BCUT2D eigenvalue weighted by Gasteiger charge is 2.28. The molecule has 5 heteroatoms. The van der Waals surface area contributed by atoms with Crippen LogP contribution in [0, 0.1) is 0 Å². The maximum atomic E-state index is 11.7. The zero-order valence-electron chi connectivity index (χ0n) is 11.0. The third-order valence-corrected chi connectivity index (χ3v) is 3.99. The van der Waals surface area contributed by atoms with Crippen LogP contribution in [0.2, 0.25) is 0 Å². The van der Waals surface area contributed by atoms with Gasteiger partial charge in [0, 0.05) is 37.7 Å². The number of likely N-dealkylation sites (N-methyl/N-ethyl adjacent to an activating group) is 1. The smallest absolute Gasteiger partial charge is 0.252 e. The second kappa shape index (κ2) is 4.39. The van der Waals surface area contributed by atoms with Crippen molar-refractivity contribution in [3.63, 3.8) is 0 Å². The van der Waals surface area contributed by atoms with Crippen LogP contribution in [-0.2, 0) is 0 Å². The Balaban J connectivity index is 1.85. The standard InChI is InChI=1S/C13H20N4O/c1-9-8-17(6-5-16(9)2)11-7-12(18)15-13(14-11)10-3-4-10/h7,9-10H,3-6,8H2,1-2H3,(H,14,15,18). The molecule has 2 heterocycles. The van der Waals surface area contributed by atoms with Gasteiger partial charge >= 0.3 is 0 Å². The van der Waals surface area contributed by atoms with E-state index in [4.69, 9.17) is 0 Å². The Morgan fingerprint density at radius 2 is 2.17 bits per heavy atom. The van der Waals surface area contributed by atoms with Gasteiger partial charge in [0.25, 0.3) is 5.56 Å². The summed E-state index contributed by atoms with van der Waals surface area (Å²) in [5, 5.41) is 0. The number of anilines is 1.